The van der Waals surface area contributed by atoms with Crippen molar-refractivity contribution in [3.05, 3.63) is 6.92 Å². The fourth-order valence-corrected chi connectivity index (χ4v) is 0.589. The van der Waals surface area contributed by atoms with Crippen molar-refractivity contribution < 1.29 is 0 Å². The number of rotatable bonds is 3. The van der Waals surface area contributed by atoms with E-state index in [0.717, 1.165) is 6.42 Å². The molecule has 49 valence electrons. The summed E-state index contributed by atoms with van der Waals surface area (Å²) in [4.78, 5) is 0. The highest BCUT2D eigenvalue weighted by molar-refractivity contribution is 4.68. The first-order valence-corrected chi connectivity index (χ1v) is 3.26. The second-order valence-corrected chi connectivity index (χ2v) is 2.43. The SMILES string of the molecule is [CH2]C(CC)NC(C)C. The molecule has 0 aromatic heterocycles. The summed E-state index contributed by atoms with van der Waals surface area (Å²) in [5, 5.41) is 3.28. The van der Waals surface area contributed by atoms with Crippen LogP contribution >= 0.6 is 0 Å². The lowest BCUT2D eigenvalue weighted by molar-refractivity contribution is 0.510. The Balaban J connectivity index is 3.10. The summed E-state index contributed by atoms with van der Waals surface area (Å²) in [5.74, 6) is 0. The van der Waals surface area contributed by atoms with E-state index in [-0.39, 0.29) is 0 Å². The van der Waals surface area contributed by atoms with E-state index < -0.39 is 0 Å². The fraction of sp³-hybridized carbons (Fsp3) is 0.857. The molecule has 0 rings (SSSR count). The molecule has 0 saturated heterocycles. The summed E-state index contributed by atoms with van der Waals surface area (Å²) in [7, 11) is 0. The highest BCUT2D eigenvalue weighted by atomic mass is 14.9. The predicted molar refractivity (Wildman–Crippen MR) is 37.7 cm³/mol. The summed E-state index contributed by atoms with van der Waals surface area (Å²) in [5.41, 5.74) is 0. The highest BCUT2D eigenvalue weighted by Crippen LogP contribution is 1.88. The quantitative estimate of drug-likeness (QED) is 0.587. The smallest absolute Gasteiger partial charge is 0.00673 e. The molecule has 0 fully saturated rings. The topological polar surface area (TPSA) is 12.0 Å². The van der Waals surface area contributed by atoms with Gasteiger partial charge < -0.3 is 5.32 Å². The van der Waals surface area contributed by atoms with E-state index in [0.29, 0.717) is 12.1 Å². The summed E-state index contributed by atoms with van der Waals surface area (Å²) >= 11 is 0. The van der Waals surface area contributed by atoms with Crippen molar-refractivity contribution in [3.8, 4) is 0 Å². The summed E-state index contributed by atoms with van der Waals surface area (Å²) in [6, 6.07) is 0.993. The van der Waals surface area contributed by atoms with Gasteiger partial charge in [-0.25, -0.2) is 0 Å². The van der Waals surface area contributed by atoms with Crippen molar-refractivity contribution >= 4 is 0 Å². The minimum absolute atomic E-state index is 0.426. The van der Waals surface area contributed by atoms with Gasteiger partial charge in [0.25, 0.3) is 0 Å². The Morgan fingerprint density at radius 3 is 2.12 bits per heavy atom. The Labute approximate surface area is 52.5 Å². The molecule has 1 N–H and O–H groups in total. The molecule has 1 atom stereocenters. The molecule has 0 aliphatic rings. The van der Waals surface area contributed by atoms with Gasteiger partial charge in [-0.05, 0) is 13.3 Å². The van der Waals surface area contributed by atoms with E-state index in [2.05, 4.69) is 33.0 Å². The Hall–Kier alpha value is -0.0400. The molecule has 0 aliphatic carbocycles. The lowest BCUT2D eigenvalue weighted by Gasteiger charge is -2.13. The van der Waals surface area contributed by atoms with Crippen LogP contribution in [0.2, 0.25) is 0 Å². The molecule has 1 unspecified atom stereocenters. The highest BCUT2D eigenvalue weighted by Gasteiger charge is 1.97. The third kappa shape index (κ3) is 4.13. The molecule has 1 nitrogen and oxygen atoms in total. The van der Waals surface area contributed by atoms with Crippen LogP contribution in [0, 0.1) is 6.92 Å². The number of hydrogen-bond donors (Lipinski definition) is 1. The van der Waals surface area contributed by atoms with Gasteiger partial charge in [0.2, 0.25) is 0 Å². The Morgan fingerprint density at radius 2 is 2.00 bits per heavy atom. The van der Waals surface area contributed by atoms with E-state index in [4.69, 9.17) is 0 Å². The van der Waals surface area contributed by atoms with Crippen molar-refractivity contribution in [1.29, 1.82) is 0 Å². The maximum Gasteiger partial charge on any atom is 0.00673 e. The van der Waals surface area contributed by atoms with Crippen molar-refractivity contribution in [2.45, 2.75) is 39.3 Å². The summed E-state index contributed by atoms with van der Waals surface area (Å²) in [6.07, 6.45) is 1.11. The fourth-order valence-electron chi connectivity index (χ4n) is 0.589. The maximum atomic E-state index is 3.89. The van der Waals surface area contributed by atoms with Crippen LogP contribution in [0.3, 0.4) is 0 Å². The van der Waals surface area contributed by atoms with Gasteiger partial charge in [0.15, 0.2) is 0 Å². The molecule has 0 aliphatic heterocycles. The van der Waals surface area contributed by atoms with Gasteiger partial charge in [-0.3, -0.25) is 0 Å². The van der Waals surface area contributed by atoms with E-state index >= 15 is 0 Å². The monoisotopic (exact) mass is 114 g/mol. The minimum atomic E-state index is 0.426. The minimum Gasteiger partial charge on any atom is -0.312 e. The standard InChI is InChI=1S/C7H16N/c1-5-7(4)8-6(2)3/h6-8H,4-5H2,1-3H3. The van der Waals surface area contributed by atoms with Crippen LogP contribution in [0.1, 0.15) is 27.2 Å². The Kier molecular flexibility index (Phi) is 3.88. The van der Waals surface area contributed by atoms with Crippen LogP contribution in [-0.4, -0.2) is 12.1 Å². The molecule has 0 aromatic rings. The molecule has 0 bridgehead atoms. The average molecular weight is 114 g/mol. The van der Waals surface area contributed by atoms with Gasteiger partial charge >= 0.3 is 0 Å². The molecule has 8 heavy (non-hydrogen) atoms. The lowest BCUT2D eigenvalue weighted by Crippen LogP contribution is -2.31. The molecular formula is C7H16N. The molecule has 0 aromatic carbocycles. The molecule has 1 heteroatoms. The first kappa shape index (κ1) is 7.96. The molecule has 0 saturated carbocycles. The number of hydrogen-bond acceptors (Lipinski definition) is 1. The second kappa shape index (κ2) is 3.90. The van der Waals surface area contributed by atoms with Crippen molar-refractivity contribution in [2.75, 3.05) is 0 Å². The maximum absolute atomic E-state index is 3.89. The van der Waals surface area contributed by atoms with Crippen LogP contribution in [0.15, 0.2) is 0 Å². The Bertz CT molecular complexity index is 50.3. The van der Waals surface area contributed by atoms with Crippen molar-refractivity contribution in [3.63, 3.8) is 0 Å². The zero-order chi connectivity index (χ0) is 6.57. The summed E-state index contributed by atoms with van der Waals surface area (Å²) < 4.78 is 0. The van der Waals surface area contributed by atoms with Crippen LogP contribution in [0.4, 0.5) is 0 Å². The first-order valence-electron chi connectivity index (χ1n) is 3.26. The zero-order valence-electron chi connectivity index (χ0n) is 6.07. The molecule has 1 radical (unpaired) electrons. The molecule has 0 heterocycles. The molecule has 0 spiro atoms. The lowest BCUT2D eigenvalue weighted by atomic mass is 10.2. The normalized spacial score (nSPS) is 14.6. The van der Waals surface area contributed by atoms with Crippen molar-refractivity contribution in [2.24, 2.45) is 0 Å². The third-order valence-corrected chi connectivity index (χ3v) is 1.06. The zero-order valence-corrected chi connectivity index (χ0v) is 6.07. The Morgan fingerprint density at radius 1 is 1.50 bits per heavy atom. The van der Waals surface area contributed by atoms with E-state index in [1.807, 2.05) is 0 Å². The van der Waals surface area contributed by atoms with Gasteiger partial charge in [0.05, 0.1) is 0 Å². The van der Waals surface area contributed by atoms with E-state index in [1.165, 1.54) is 0 Å². The van der Waals surface area contributed by atoms with Gasteiger partial charge in [-0.2, -0.15) is 0 Å². The molecular weight excluding hydrogens is 98.1 g/mol. The summed E-state index contributed by atoms with van der Waals surface area (Å²) in [6.45, 7) is 10.3. The van der Waals surface area contributed by atoms with Crippen LogP contribution in [-0.2, 0) is 0 Å². The van der Waals surface area contributed by atoms with Crippen molar-refractivity contribution in [1.82, 2.24) is 5.32 Å². The van der Waals surface area contributed by atoms with Gasteiger partial charge in [0.1, 0.15) is 0 Å². The van der Waals surface area contributed by atoms with E-state index in [9.17, 15) is 0 Å². The molecule has 0 amide bonds. The van der Waals surface area contributed by atoms with E-state index in [1.54, 1.807) is 0 Å². The van der Waals surface area contributed by atoms with Crippen LogP contribution in [0.25, 0.3) is 0 Å². The van der Waals surface area contributed by atoms with Gasteiger partial charge in [-0.15, -0.1) is 0 Å². The van der Waals surface area contributed by atoms with Crippen LogP contribution in [0.5, 0.6) is 0 Å². The number of nitrogens with one attached hydrogen (secondary N) is 1. The average Bonchev–Trinajstić information content (AvgIpc) is 1.65. The first-order chi connectivity index (χ1) is 3.66. The van der Waals surface area contributed by atoms with Crippen LogP contribution < -0.4 is 5.32 Å². The second-order valence-electron chi connectivity index (χ2n) is 2.43. The van der Waals surface area contributed by atoms with Gasteiger partial charge in [-0.1, -0.05) is 20.8 Å². The third-order valence-electron chi connectivity index (χ3n) is 1.06. The van der Waals surface area contributed by atoms with Gasteiger partial charge in [0, 0.05) is 12.1 Å². The largest absolute Gasteiger partial charge is 0.312 e. The predicted octanol–water partition coefficient (Wildman–Crippen LogP) is 1.60.